The van der Waals surface area contributed by atoms with Gasteiger partial charge in [-0.25, -0.2) is 0 Å². The van der Waals surface area contributed by atoms with Crippen LogP contribution < -0.4 is 0 Å². The van der Waals surface area contributed by atoms with Crippen molar-refractivity contribution < 1.29 is 38.7 Å². The highest BCUT2D eigenvalue weighted by molar-refractivity contribution is 7.81. The molecule has 8 N–H and O–H groups in total. The molecule has 0 aromatic rings. The summed E-state index contributed by atoms with van der Waals surface area (Å²) < 4.78 is 27.5. The molecule has 9 heteroatoms. The third kappa shape index (κ3) is 17.7. The topological polar surface area (TPSA) is 179 Å². The van der Waals surface area contributed by atoms with Crippen LogP contribution in [-0.4, -0.2) is 44.5 Å². The van der Waals surface area contributed by atoms with Crippen LogP contribution in [0.5, 0.6) is 0 Å². The first kappa shape index (κ1) is 31.0. The van der Waals surface area contributed by atoms with Gasteiger partial charge < -0.3 is 21.9 Å². The Morgan fingerprint density at radius 1 is 0.818 bits per heavy atom. The van der Waals surface area contributed by atoms with Gasteiger partial charge in [-0.05, 0) is 0 Å². The molecular formula is C2H14O8S. The molecule has 0 aliphatic rings. The van der Waals surface area contributed by atoms with E-state index in [0.29, 0.717) is 0 Å². The van der Waals surface area contributed by atoms with Crippen LogP contribution in [-0.2, 0) is 18.8 Å². The molecule has 76 valence electrons. The van der Waals surface area contributed by atoms with Gasteiger partial charge in [0.25, 0.3) is 0 Å². The average molecular weight is 198 g/mol. The molecule has 0 aromatic heterocycles. The molecule has 0 aliphatic heterocycles. The Labute approximate surface area is 64.3 Å². The molecule has 0 spiro atoms. The summed E-state index contributed by atoms with van der Waals surface area (Å²) >= 11 is 0. The predicted molar refractivity (Wildman–Crippen MR) is 37.4 cm³/mol. The van der Waals surface area contributed by atoms with Gasteiger partial charge in [0.1, 0.15) is 0 Å². The highest BCUT2D eigenvalue weighted by Crippen LogP contribution is 1.85. The number of hydrogen-bond donors (Lipinski definition) is 0. The van der Waals surface area contributed by atoms with E-state index in [1.165, 1.54) is 0 Å². The lowest BCUT2D eigenvalue weighted by Gasteiger charge is -1.91. The van der Waals surface area contributed by atoms with E-state index in [1.807, 2.05) is 0 Å². The van der Waals surface area contributed by atoms with E-state index in [4.69, 9.17) is 0 Å². The fourth-order valence-corrected chi connectivity index (χ4v) is 0.204. The van der Waals surface area contributed by atoms with Crippen molar-refractivity contribution in [1.29, 1.82) is 0 Å². The van der Waals surface area contributed by atoms with Crippen LogP contribution in [0, 0.1) is 0 Å². The van der Waals surface area contributed by atoms with Gasteiger partial charge >= 0.3 is 10.4 Å². The fourth-order valence-electron chi connectivity index (χ4n) is 0.0680. The maximum Gasteiger partial charge on any atom is 0.399 e. The molecule has 0 heterocycles. The molecule has 0 amide bonds. The minimum absolute atomic E-state index is 0. The molecule has 8 nitrogen and oxygen atoms in total. The zero-order valence-electron chi connectivity index (χ0n) is 6.04. The lowest BCUT2D eigenvalue weighted by molar-refractivity contribution is 0.286. The van der Waals surface area contributed by atoms with Crippen LogP contribution in [0.4, 0.5) is 0 Å². The second-order valence-electron chi connectivity index (χ2n) is 0.742. The van der Waals surface area contributed by atoms with Crippen molar-refractivity contribution in [3.05, 3.63) is 0 Å². The third-order valence-electron chi connectivity index (χ3n) is 0.408. The summed E-state index contributed by atoms with van der Waals surface area (Å²) in [5.41, 5.74) is 0. The van der Waals surface area contributed by atoms with Gasteiger partial charge in [-0.1, -0.05) is 0 Å². The Morgan fingerprint density at radius 3 is 1.00 bits per heavy atom. The SMILES string of the molecule is COS(=O)(=O)OC.O.O.O.O. The Kier molecular flexibility index (Phi) is 34.9. The molecule has 0 aliphatic carbocycles. The minimum Gasteiger partial charge on any atom is -0.412 e. The fraction of sp³-hybridized carbons (Fsp3) is 1.00. The molecule has 0 atom stereocenters. The quantitative estimate of drug-likeness (QED) is 0.441. The van der Waals surface area contributed by atoms with E-state index in [9.17, 15) is 8.42 Å². The van der Waals surface area contributed by atoms with E-state index >= 15 is 0 Å². The largest absolute Gasteiger partial charge is 0.412 e. The summed E-state index contributed by atoms with van der Waals surface area (Å²) in [7, 11) is -1.60. The van der Waals surface area contributed by atoms with Crippen molar-refractivity contribution in [2.75, 3.05) is 14.2 Å². The first-order valence-corrected chi connectivity index (χ1v) is 2.82. The van der Waals surface area contributed by atoms with Crippen molar-refractivity contribution in [3.8, 4) is 0 Å². The Bertz CT molecular complexity index is 115. The van der Waals surface area contributed by atoms with Crippen LogP contribution in [0.25, 0.3) is 0 Å². The highest BCUT2D eigenvalue weighted by atomic mass is 32.3. The molecule has 0 unspecified atom stereocenters. The normalized spacial score (nSPS) is 7.45. The van der Waals surface area contributed by atoms with Crippen molar-refractivity contribution >= 4 is 10.4 Å². The zero-order chi connectivity index (χ0) is 5.91. The van der Waals surface area contributed by atoms with Crippen LogP contribution in [0.3, 0.4) is 0 Å². The predicted octanol–water partition coefficient (Wildman–Crippen LogP) is -3.77. The molecule has 0 bridgehead atoms. The molecule has 0 saturated heterocycles. The van der Waals surface area contributed by atoms with E-state index in [-0.39, 0.29) is 21.9 Å². The molecule has 0 fully saturated rings. The highest BCUT2D eigenvalue weighted by Gasteiger charge is 2.01. The van der Waals surface area contributed by atoms with Crippen LogP contribution >= 0.6 is 0 Å². The molecule has 0 aromatic carbocycles. The molecule has 0 saturated carbocycles. The van der Waals surface area contributed by atoms with Crippen molar-refractivity contribution in [2.24, 2.45) is 0 Å². The maximum atomic E-state index is 9.92. The van der Waals surface area contributed by atoms with Crippen LogP contribution in [0.2, 0.25) is 0 Å². The zero-order valence-corrected chi connectivity index (χ0v) is 6.86. The van der Waals surface area contributed by atoms with Gasteiger partial charge in [0, 0.05) is 0 Å². The maximum absolute atomic E-state index is 9.92. The molecule has 0 rings (SSSR count). The first-order valence-electron chi connectivity index (χ1n) is 1.48. The van der Waals surface area contributed by atoms with Gasteiger partial charge in [0.05, 0.1) is 14.2 Å². The van der Waals surface area contributed by atoms with E-state index in [2.05, 4.69) is 8.37 Å². The summed E-state index contributed by atoms with van der Waals surface area (Å²) in [5.74, 6) is 0. The van der Waals surface area contributed by atoms with Crippen molar-refractivity contribution in [1.82, 2.24) is 0 Å². The van der Waals surface area contributed by atoms with Gasteiger partial charge in [-0.3, -0.25) is 8.37 Å². The van der Waals surface area contributed by atoms with Gasteiger partial charge in [0.2, 0.25) is 0 Å². The molecular weight excluding hydrogens is 184 g/mol. The average Bonchev–Trinajstić information content (AvgIpc) is 1.68. The minimum atomic E-state index is -3.66. The Morgan fingerprint density at radius 2 is 1.00 bits per heavy atom. The standard InChI is InChI=1S/C2H6O4S.4H2O/c1-5-7(3,4)6-2;;;;/h1-2H3;4*1H2. The first-order chi connectivity index (χ1) is 3.12. The monoisotopic (exact) mass is 198 g/mol. The van der Waals surface area contributed by atoms with Gasteiger partial charge in [0.15, 0.2) is 0 Å². The second kappa shape index (κ2) is 12.4. The Balaban J connectivity index is -0.0000000300. The lowest BCUT2D eigenvalue weighted by atomic mass is 11.8. The number of rotatable bonds is 2. The third-order valence-corrected chi connectivity index (χ3v) is 1.22. The Hall–Kier alpha value is -0.290. The molecule has 11 heavy (non-hydrogen) atoms. The molecule has 0 radical (unpaired) electrons. The summed E-state index contributed by atoms with van der Waals surface area (Å²) in [6.07, 6.45) is 0. The van der Waals surface area contributed by atoms with Crippen LogP contribution in [0.1, 0.15) is 0 Å². The van der Waals surface area contributed by atoms with Crippen LogP contribution in [0.15, 0.2) is 0 Å². The van der Waals surface area contributed by atoms with E-state index in [1.54, 1.807) is 0 Å². The van der Waals surface area contributed by atoms with Gasteiger partial charge in [-0.2, -0.15) is 8.42 Å². The smallest absolute Gasteiger partial charge is 0.399 e. The van der Waals surface area contributed by atoms with Crippen molar-refractivity contribution in [2.45, 2.75) is 0 Å². The van der Waals surface area contributed by atoms with E-state index in [0.717, 1.165) is 14.2 Å². The summed E-state index contributed by atoms with van der Waals surface area (Å²) in [4.78, 5) is 0. The summed E-state index contributed by atoms with van der Waals surface area (Å²) in [5, 5.41) is 0. The van der Waals surface area contributed by atoms with Gasteiger partial charge in [-0.15, -0.1) is 0 Å². The number of hydrogen-bond acceptors (Lipinski definition) is 4. The van der Waals surface area contributed by atoms with Crippen molar-refractivity contribution in [3.63, 3.8) is 0 Å². The summed E-state index contributed by atoms with van der Waals surface area (Å²) in [6, 6.07) is 0. The second-order valence-corrected chi connectivity index (χ2v) is 2.22. The summed E-state index contributed by atoms with van der Waals surface area (Å²) in [6.45, 7) is 0. The van der Waals surface area contributed by atoms with E-state index < -0.39 is 10.4 Å². The lowest BCUT2D eigenvalue weighted by Crippen LogP contribution is -2.02.